The molecule has 1 amide bonds. The van der Waals surface area contributed by atoms with E-state index < -0.39 is 0 Å². The highest BCUT2D eigenvalue weighted by molar-refractivity contribution is 5.77. The summed E-state index contributed by atoms with van der Waals surface area (Å²) in [7, 11) is 1.34. The molecule has 1 N–H and O–H groups in total. The Balaban J connectivity index is 2.41. The maximum atomic E-state index is 11.8. The molecule has 0 radical (unpaired) electrons. The highest BCUT2D eigenvalue weighted by atomic mass is 16.5. The number of benzene rings is 1. The lowest BCUT2D eigenvalue weighted by molar-refractivity contribution is -0.141. The summed E-state index contributed by atoms with van der Waals surface area (Å²) in [5, 5.41) is 2.81. The lowest BCUT2D eigenvalue weighted by atomic mass is 10.0. The van der Waals surface area contributed by atoms with E-state index in [0.29, 0.717) is 12.8 Å². The molecule has 1 unspecified atom stereocenters. The molecule has 4 heteroatoms. The molecule has 110 valence electrons. The summed E-state index contributed by atoms with van der Waals surface area (Å²) >= 11 is 0. The molecule has 1 atom stereocenters. The molecule has 1 rings (SSSR count). The van der Waals surface area contributed by atoms with Crippen LogP contribution in [-0.2, 0) is 20.7 Å². The van der Waals surface area contributed by atoms with Crippen molar-refractivity contribution in [3.05, 3.63) is 34.9 Å². The first kappa shape index (κ1) is 16.2. The Bertz CT molecular complexity index is 483. The van der Waals surface area contributed by atoms with Crippen molar-refractivity contribution < 1.29 is 14.3 Å². The SMILES string of the molecule is COC(=O)CC(C)NC(=O)CCc1ccc(C)cc1C. The van der Waals surface area contributed by atoms with E-state index in [-0.39, 0.29) is 24.3 Å². The molecule has 1 aromatic rings. The molecular weight excluding hydrogens is 254 g/mol. The number of nitrogens with one attached hydrogen (secondary N) is 1. The van der Waals surface area contributed by atoms with Crippen LogP contribution in [0, 0.1) is 13.8 Å². The van der Waals surface area contributed by atoms with E-state index in [1.54, 1.807) is 6.92 Å². The average molecular weight is 277 g/mol. The Hall–Kier alpha value is -1.84. The second-order valence-electron chi connectivity index (χ2n) is 5.18. The first-order valence-electron chi connectivity index (χ1n) is 6.84. The van der Waals surface area contributed by atoms with Crippen LogP contribution in [0.5, 0.6) is 0 Å². The van der Waals surface area contributed by atoms with Gasteiger partial charge in [0.1, 0.15) is 0 Å². The van der Waals surface area contributed by atoms with E-state index in [9.17, 15) is 9.59 Å². The van der Waals surface area contributed by atoms with Crippen LogP contribution >= 0.6 is 0 Å². The molecule has 0 aliphatic rings. The Morgan fingerprint density at radius 3 is 2.60 bits per heavy atom. The first-order valence-corrected chi connectivity index (χ1v) is 6.84. The first-order chi connectivity index (χ1) is 9.42. The van der Waals surface area contributed by atoms with Gasteiger partial charge in [0.2, 0.25) is 5.91 Å². The highest BCUT2D eigenvalue weighted by Gasteiger charge is 2.12. The minimum absolute atomic E-state index is 0.0404. The number of aryl methyl sites for hydroxylation is 3. The molecule has 0 heterocycles. The number of carbonyl (C=O) groups is 2. The van der Waals surface area contributed by atoms with Gasteiger partial charge in [-0.25, -0.2) is 0 Å². The second-order valence-corrected chi connectivity index (χ2v) is 5.18. The third kappa shape index (κ3) is 5.43. The summed E-state index contributed by atoms with van der Waals surface area (Å²) in [4.78, 5) is 22.9. The van der Waals surface area contributed by atoms with E-state index in [1.165, 1.54) is 23.8 Å². The van der Waals surface area contributed by atoms with E-state index in [0.717, 1.165) is 0 Å². The summed E-state index contributed by atoms with van der Waals surface area (Å²) in [6, 6.07) is 6.04. The summed E-state index contributed by atoms with van der Waals surface area (Å²) in [6.45, 7) is 5.91. The summed E-state index contributed by atoms with van der Waals surface area (Å²) in [5.74, 6) is -0.353. The fourth-order valence-corrected chi connectivity index (χ4v) is 2.11. The zero-order valence-corrected chi connectivity index (χ0v) is 12.7. The van der Waals surface area contributed by atoms with Gasteiger partial charge in [0.15, 0.2) is 0 Å². The molecule has 1 aromatic carbocycles. The Morgan fingerprint density at radius 1 is 1.30 bits per heavy atom. The zero-order valence-electron chi connectivity index (χ0n) is 12.7. The largest absolute Gasteiger partial charge is 0.469 e. The highest BCUT2D eigenvalue weighted by Crippen LogP contribution is 2.12. The quantitative estimate of drug-likeness (QED) is 0.812. The van der Waals surface area contributed by atoms with Crippen LogP contribution in [0.15, 0.2) is 18.2 Å². The molecule has 0 saturated carbocycles. The molecular formula is C16H23NO3. The van der Waals surface area contributed by atoms with E-state index in [2.05, 4.69) is 42.1 Å². The van der Waals surface area contributed by atoms with E-state index in [1.807, 2.05) is 0 Å². The molecule has 20 heavy (non-hydrogen) atoms. The van der Waals surface area contributed by atoms with Crippen molar-refractivity contribution >= 4 is 11.9 Å². The fraction of sp³-hybridized carbons (Fsp3) is 0.500. The van der Waals surface area contributed by atoms with Gasteiger partial charge in [0.25, 0.3) is 0 Å². The molecule has 0 aliphatic heterocycles. The third-order valence-electron chi connectivity index (χ3n) is 3.23. The van der Waals surface area contributed by atoms with Gasteiger partial charge >= 0.3 is 5.97 Å². The van der Waals surface area contributed by atoms with Gasteiger partial charge in [0, 0.05) is 12.5 Å². The standard InChI is InChI=1S/C16H23NO3/c1-11-5-6-14(12(2)9-11)7-8-15(18)17-13(3)10-16(19)20-4/h5-6,9,13H,7-8,10H2,1-4H3,(H,17,18). The van der Waals surface area contributed by atoms with Gasteiger partial charge in [-0.05, 0) is 38.3 Å². The molecule has 0 spiro atoms. The van der Waals surface area contributed by atoms with Crippen LogP contribution in [0.1, 0.15) is 36.5 Å². The Morgan fingerprint density at radius 2 is 2.00 bits per heavy atom. The minimum Gasteiger partial charge on any atom is -0.469 e. The van der Waals surface area contributed by atoms with Crippen molar-refractivity contribution in [1.82, 2.24) is 5.32 Å². The Kier molecular flexibility index (Phi) is 6.22. The van der Waals surface area contributed by atoms with Gasteiger partial charge in [-0.1, -0.05) is 23.8 Å². The maximum Gasteiger partial charge on any atom is 0.307 e. The van der Waals surface area contributed by atoms with Gasteiger partial charge in [-0.2, -0.15) is 0 Å². The van der Waals surface area contributed by atoms with Crippen LogP contribution in [0.2, 0.25) is 0 Å². The van der Waals surface area contributed by atoms with Crippen LogP contribution in [0.25, 0.3) is 0 Å². The number of ether oxygens (including phenoxy) is 1. The summed E-state index contributed by atoms with van der Waals surface area (Å²) in [5.41, 5.74) is 3.62. The number of esters is 1. The van der Waals surface area contributed by atoms with Crippen molar-refractivity contribution in [2.24, 2.45) is 0 Å². The predicted octanol–water partition coefficient (Wildman–Crippen LogP) is 2.30. The van der Waals surface area contributed by atoms with E-state index >= 15 is 0 Å². The van der Waals surface area contributed by atoms with Crippen molar-refractivity contribution in [3.63, 3.8) is 0 Å². The second kappa shape index (κ2) is 7.68. The van der Waals surface area contributed by atoms with Crippen LogP contribution in [0.4, 0.5) is 0 Å². The molecule has 0 bridgehead atoms. The predicted molar refractivity (Wildman–Crippen MR) is 78.5 cm³/mol. The van der Waals surface area contributed by atoms with Gasteiger partial charge < -0.3 is 10.1 Å². The number of carbonyl (C=O) groups excluding carboxylic acids is 2. The van der Waals surface area contributed by atoms with Crippen LogP contribution < -0.4 is 5.32 Å². The van der Waals surface area contributed by atoms with Crippen LogP contribution in [-0.4, -0.2) is 25.0 Å². The lowest BCUT2D eigenvalue weighted by Gasteiger charge is -2.13. The van der Waals surface area contributed by atoms with Gasteiger partial charge in [0.05, 0.1) is 13.5 Å². The van der Waals surface area contributed by atoms with Crippen molar-refractivity contribution in [2.75, 3.05) is 7.11 Å². The monoisotopic (exact) mass is 277 g/mol. The number of methoxy groups -OCH3 is 1. The smallest absolute Gasteiger partial charge is 0.307 e. The molecule has 0 aromatic heterocycles. The number of hydrogen-bond donors (Lipinski definition) is 1. The van der Waals surface area contributed by atoms with Gasteiger partial charge in [-0.3, -0.25) is 9.59 Å². The lowest BCUT2D eigenvalue weighted by Crippen LogP contribution is -2.34. The number of amides is 1. The number of rotatable bonds is 6. The number of hydrogen-bond acceptors (Lipinski definition) is 3. The zero-order chi connectivity index (χ0) is 15.1. The molecule has 4 nitrogen and oxygen atoms in total. The molecule has 0 aliphatic carbocycles. The van der Waals surface area contributed by atoms with Crippen molar-refractivity contribution in [2.45, 2.75) is 46.1 Å². The fourth-order valence-electron chi connectivity index (χ4n) is 2.11. The third-order valence-corrected chi connectivity index (χ3v) is 3.23. The summed E-state index contributed by atoms with van der Waals surface area (Å²) in [6.07, 6.45) is 1.34. The molecule has 0 fully saturated rings. The maximum absolute atomic E-state index is 11.8. The van der Waals surface area contributed by atoms with Gasteiger partial charge in [-0.15, -0.1) is 0 Å². The van der Waals surface area contributed by atoms with Crippen LogP contribution in [0.3, 0.4) is 0 Å². The topological polar surface area (TPSA) is 55.4 Å². The average Bonchev–Trinajstić information content (AvgIpc) is 2.37. The van der Waals surface area contributed by atoms with E-state index in [4.69, 9.17) is 0 Å². The normalized spacial score (nSPS) is 11.8. The molecule has 0 saturated heterocycles. The minimum atomic E-state index is -0.313. The van der Waals surface area contributed by atoms with Crippen molar-refractivity contribution in [3.8, 4) is 0 Å². The van der Waals surface area contributed by atoms with Crippen molar-refractivity contribution in [1.29, 1.82) is 0 Å². The Labute approximate surface area is 120 Å². The summed E-state index contributed by atoms with van der Waals surface area (Å²) < 4.78 is 4.57.